The minimum atomic E-state index is -0.972. The minimum Gasteiger partial charge on any atom is -0.480 e. The normalized spacial score (nSPS) is 24.2. The molecular formula is C15H28N2O3. The Kier molecular flexibility index (Phi) is 6.82. The maximum Gasteiger partial charge on any atom is 0.326 e. The first-order valence-corrected chi connectivity index (χ1v) is 7.65. The number of urea groups is 1. The summed E-state index contributed by atoms with van der Waals surface area (Å²) in [5, 5.41) is 14.4. The monoisotopic (exact) mass is 284 g/mol. The number of carbonyl (C=O) groups is 2. The Labute approximate surface area is 121 Å². The zero-order valence-corrected chi connectivity index (χ0v) is 12.8. The molecule has 0 spiro atoms. The van der Waals surface area contributed by atoms with Gasteiger partial charge in [0, 0.05) is 6.54 Å². The molecule has 1 saturated carbocycles. The summed E-state index contributed by atoms with van der Waals surface area (Å²) in [5.41, 5.74) is 0. The van der Waals surface area contributed by atoms with Crippen LogP contribution in [0.3, 0.4) is 0 Å². The van der Waals surface area contributed by atoms with Crippen LogP contribution in [0, 0.1) is 17.8 Å². The highest BCUT2D eigenvalue weighted by Gasteiger charge is 2.22. The molecular weight excluding hydrogens is 256 g/mol. The topological polar surface area (TPSA) is 78.4 Å². The standard InChI is InChI=1S/C15H28N2O3/c1-10(2)7-13(14(18)19)17-15(20)16-9-12-6-4-5-11(3)8-12/h10-13H,4-9H2,1-3H3,(H,18,19)(H2,16,17,20)/t11?,12?,13-/m1/s1. The summed E-state index contributed by atoms with van der Waals surface area (Å²) in [6, 6.07) is -1.17. The van der Waals surface area contributed by atoms with Crippen LogP contribution in [-0.4, -0.2) is 29.7 Å². The lowest BCUT2D eigenvalue weighted by Crippen LogP contribution is -2.47. The second-order valence-electron chi connectivity index (χ2n) is 6.51. The molecule has 0 aliphatic heterocycles. The van der Waals surface area contributed by atoms with Crippen molar-refractivity contribution in [3.05, 3.63) is 0 Å². The molecule has 20 heavy (non-hydrogen) atoms. The molecule has 0 bridgehead atoms. The van der Waals surface area contributed by atoms with Crippen molar-refractivity contribution in [3.8, 4) is 0 Å². The Morgan fingerprint density at radius 1 is 1.30 bits per heavy atom. The maximum atomic E-state index is 11.8. The molecule has 1 aliphatic carbocycles. The van der Waals surface area contributed by atoms with Crippen LogP contribution in [0.5, 0.6) is 0 Å². The number of carboxylic acids is 1. The Morgan fingerprint density at radius 2 is 2.00 bits per heavy atom. The van der Waals surface area contributed by atoms with E-state index < -0.39 is 12.0 Å². The van der Waals surface area contributed by atoms with Gasteiger partial charge in [0.05, 0.1) is 0 Å². The van der Waals surface area contributed by atoms with E-state index in [-0.39, 0.29) is 11.9 Å². The molecule has 3 N–H and O–H groups in total. The fraction of sp³-hybridized carbons (Fsp3) is 0.867. The third-order valence-corrected chi connectivity index (χ3v) is 3.91. The molecule has 2 amide bonds. The van der Waals surface area contributed by atoms with E-state index >= 15 is 0 Å². The quantitative estimate of drug-likeness (QED) is 0.701. The average molecular weight is 284 g/mol. The maximum absolute atomic E-state index is 11.8. The number of hydrogen-bond acceptors (Lipinski definition) is 2. The highest BCUT2D eigenvalue weighted by atomic mass is 16.4. The van der Waals surface area contributed by atoms with Gasteiger partial charge in [-0.15, -0.1) is 0 Å². The molecule has 2 unspecified atom stereocenters. The largest absolute Gasteiger partial charge is 0.480 e. The second-order valence-corrected chi connectivity index (χ2v) is 6.51. The highest BCUT2D eigenvalue weighted by molar-refractivity contribution is 5.82. The van der Waals surface area contributed by atoms with Crippen LogP contribution >= 0.6 is 0 Å². The summed E-state index contributed by atoms with van der Waals surface area (Å²) in [5.74, 6) is 0.514. The van der Waals surface area contributed by atoms with Crippen molar-refractivity contribution in [2.24, 2.45) is 17.8 Å². The number of aliphatic carboxylic acids is 1. The number of carbonyl (C=O) groups excluding carboxylic acids is 1. The van der Waals surface area contributed by atoms with Crippen molar-refractivity contribution in [1.82, 2.24) is 10.6 Å². The van der Waals surface area contributed by atoms with Gasteiger partial charge in [-0.1, -0.05) is 33.6 Å². The van der Waals surface area contributed by atoms with Crippen molar-refractivity contribution in [3.63, 3.8) is 0 Å². The van der Waals surface area contributed by atoms with E-state index in [1.54, 1.807) is 0 Å². The minimum absolute atomic E-state index is 0.232. The molecule has 0 heterocycles. The van der Waals surface area contributed by atoms with Gasteiger partial charge in [-0.3, -0.25) is 0 Å². The average Bonchev–Trinajstić information content (AvgIpc) is 2.35. The first-order valence-electron chi connectivity index (χ1n) is 7.65. The Hall–Kier alpha value is -1.26. The van der Waals surface area contributed by atoms with Gasteiger partial charge in [0.25, 0.3) is 0 Å². The van der Waals surface area contributed by atoms with E-state index in [1.807, 2.05) is 13.8 Å². The Balaban J connectivity index is 2.32. The number of amides is 2. The molecule has 5 heteroatoms. The van der Waals surface area contributed by atoms with Gasteiger partial charge in [0.15, 0.2) is 0 Å². The van der Waals surface area contributed by atoms with Gasteiger partial charge >= 0.3 is 12.0 Å². The lowest BCUT2D eigenvalue weighted by molar-refractivity contribution is -0.139. The Morgan fingerprint density at radius 3 is 2.55 bits per heavy atom. The number of hydrogen-bond donors (Lipinski definition) is 3. The van der Waals surface area contributed by atoms with Crippen molar-refractivity contribution in [2.75, 3.05) is 6.54 Å². The number of nitrogens with one attached hydrogen (secondary N) is 2. The number of carboxylic acid groups (broad SMARTS) is 1. The molecule has 0 radical (unpaired) electrons. The molecule has 116 valence electrons. The predicted molar refractivity (Wildman–Crippen MR) is 78.5 cm³/mol. The van der Waals surface area contributed by atoms with Gasteiger partial charge in [0.1, 0.15) is 6.04 Å². The lowest BCUT2D eigenvalue weighted by atomic mass is 9.82. The third-order valence-electron chi connectivity index (χ3n) is 3.91. The molecule has 3 atom stereocenters. The van der Waals surface area contributed by atoms with Gasteiger partial charge in [-0.25, -0.2) is 9.59 Å². The zero-order chi connectivity index (χ0) is 15.1. The van der Waals surface area contributed by atoms with Crippen LogP contribution in [0.25, 0.3) is 0 Å². The fourth-order valence-corrected chi connectivity index (χ4v) is 2.88. The first kappa shape index (κ1) is 16.8. The highest BCUT2D eigenvalue weighted by Crippen LogP contribution is 2.27. The smallest absolute Gasteiger partial charge is 0.326 e. The predicted octanol–water partition coefficient (Wildman–Crippen LogP) is 2.61. The van der Waals surface area contributed by atoms with Gasteiger partial charge in [-0.2, -0.15) is 0 Å². The molecule has 0 aromatic carbocycles. The molecule has 1 rings (SSSR count). The number of rotatable bonds is 6. The van der Waals surface area contributed by atoms with E-state index in [2.05, 4.69) is 17.6 Å². The Bertz CT molecular complexity index is 331. The molecule has 0 aromatic rings. The van der Waals surface area contributed by atoms with Gasteiger partial charge in [0.2, 0.25) is 0 Å². The van der Waals surface area contributed by atoms with Crippen LogP contribution in [0.4, 0.5) is 4.79 Å². The fourth-order valence-electron chi connectivity index (χ4n) is 2.88. The first-order chi connectivity index (χ1) is 9.38. The van der Waals surface area contributed by atoms with E-state index in [1.165, 1.54) is 12.8 Å². The van der Waals surface area contributed by atoms with Gasteiger partial charge in [-0.05, 0) is 37.0 Å². The summed E-state index contributed by atoms with van der Waals surface area (Å²) < 4.78 is 0. The molecule has 5 nitrogen and oxygen atoms in total. The SMILES string of the molecule is CC(C)C[C@@H](NC(=O)NCC1CCCC(C)C1)C(=O)O. The summed E-state index contributed by atoms with van der Waals surface area (Å²) in [6.45, 7) is 6.78. The lowest BCUT2D eigenvalue weighted by Gasteiger charge is -2.27. The van der Waals surface area contributed by atoms with E-state index in [4.69, 9.17) is 5.11 Å². The molecule has 0 aromatic heterocycles. The summed E-state index contributed by atoms with van der Waals surface area (Å²) in [6.07, 6.45) is 5.25. The van der Waals surface area contributed by atoms with Crippen molar-refractivity contribution < 1.29 is 14.7 Å². The molecule has 0 saturated heterocycles. The van der Waals surface area contributed by atoms with Crippen molar-refractivity contribution in [1.29, 1.82) is 0 Å². The van der Waals surface area contributed by atoms with Crippen LogP contribution in [0.1, 0.15) is 52.9 Å². The van der Waals surface area contributed by atoms with Crippen LogP contribution in [0.2, 0.25) is 0 Å². The van der Waals surface area contributed by atoms with Crippen molar-refractivity contribution in [2.45, 2.75) is 58.9 Å². The summed E-state index contributed by atoms with van der Waals surface area (Å²) in [4.78, 5) is 22.9. The van der Waals surface area contributed by atoms with E-state index in [0.29, 0.717) is 18.9 Å². The van der Waals surface area contributed by atoms with Gasteiger partial charge < -0.3 is 15.7 Å². The van der Waals surface area contributed by atoms with Crippen LogP contribution < -0.4 is 10.6 Å². The zero-order valence-electron chi connectivity index (χ0n) is 12.8. The van der Waals surface area contributed by atoms with Crippen molar-refractivity contribution >= 4 is 12.0 Å². The summed E-state index contributed by atoms with van der Waals surface area (Å²) in [7, 11) is 0. The molecule has 1 aliphatic rings. The van der Waals surface area contributed by atoms with E-state index in [9.17, 15) is 9.59 Å². The van der Waals surface area contributed by atoms with E-state index in [0.717, 1.165) is 18.8 Å². The van der Waals surface area contributed by atoms with Crippen LogP contribution in [0.15, 0.2) is 0 Å². The summed E-state index contributed by atoms with van der Waals surface area (Å²) >= 11 is 0. The molecule has 1 fully saturated rings. The second kappa shape index (κ2) is 8.12. The van der Waals surface area contributed by atoms with Crippen LogP contribution in [-0.2, 0) is 4.79 Å². The third kappa shape index (κ3) is 6.26.